The lowest BCUT2D eigenvalue weighted by molar-refractivity contribution is 0.260. The molecule has 0 bridgehead atoms. The zero-order valence-electron chi connectivity index (χ0n) is 13.5. The van der Waals surface area contributed by atoms with Gasteiger partial charge in [-0.1, -0.05) is 36.8 Å². The van der Waals surface area contributed by atoms with Crippen molar-refractivity contribution >= 4 is 15.7 Å². The number of nitrogens with one attached hydrogen (secondary N) is 2. The Balaban J connectivity index is 1.77. The molecule has 6 heteroatoms. The fourth-order valence-electron chi connectivity index (χ4n) is 3.15. The standard InChI is InChI=1S/C18H21FN2O2S/c1-20-24(22,23)15-8-9-17(16(19)12-15)21-13-18(10-5-11-18)14-6-3-2-4-7-14/h2-4,6-9,12,20-21H,5,10-11,13H2,1H3. The van der Waals surface area contributed by atoms with Crippen molar-refractivity contribution in [1.29, 1.82) is 0 Å². The molecule has 1 aliphatic rings. The van der Waals surface area contributed by atoms with Gasteiger partial charge in [-0.25, -0.2) is 17.5 Å². The van der Waals surface area contributed by atoms with E-state index in [-0.39, 0.29) is 10.3 Å². The van der Waals surface area contributed by atoms with Gasteiger partial charge in [0.1, 0.15) is 5.82 Å². The Hall–Kier alpha value is -1.92. The minimum Gasteiger partial charge on any atom is -0.382 e. The van der Waals surface area contributed by atoms with Gasteiger partial charge in [0.2, 0.25) is 10.0 Å². The van der Waals surface area contributed by atoms with Crippen LogP contribution in [0.25, 0.3) is 0 Å². The zero-order chi connectivity index (χ0) is 17.2. The molecule has 0 atom stereocenters. The molecule has 0 aliphatic heterocycles. The van der Waals surface area contributed by atoms with E-state index in [0.717, 1.165) is 18.9 Å². The maximum Gasteiger partial charge on any atom is 0.240 e. The van der Waals surface area contributed by atoms with Gasteiger partial charge in [-0.15, -0.1) is 0 Å². The van der Waals surface area contributed by atoms with E-state index in [4.69, 9.17) is 0 Å². The molecule has 0 aromatic heterocycles. The third-order valence-corrected chi connectivity index (χ3v) is 6.25. The van der Waals surface area contributed by atoms with Crippen molar-refractivity contribution in [2.24, 2.45) is 0 Å². The van der Waals surface area contributed by atoms with Gasteiger partial charge in [0.25, 0.3) is 0 Å². The van der Waals surface area contributed by atoms with Gasteiger partial charge in [0.15, 0.2) is 0 Å². The first-order valence-corrected chi connectivity index (χ1v) is 9.48. The van der Waals surface area contributed by atoms with Crippen molar-refractivity contribution in [1.82, 2.24) is 4.72 Å². The Kier molecular flexibility index (Phi) is 4.60. The Labute approximate surface area is 142 Å². The van der Waals surface area contributed by atoms with E-state index in [1.165, 1.54) is 31.2 Å². The second kappa shape index (κ2) is 6.53. The maximum absolute atomic E-state index is 14.3. The molecule has 0 heterocycles. The van der Waals surface area contributed by atoms with Crippen LogP contribution in [0.4, 0.5) is 10.1 Å². The molecule has 0 unspecified atom stereocenters. The van der Waals surface area contributed by atoms with Crippen molar-refractivity contribution in [3.05, 3.63) is 59.9 Å². The van der Waals surface area contributed by atoms with E-state index >= 15 is 0 Å². The number of benzene rings is 2. The van der Waals surface area contributed by atoms with Crippen LogP contribution in [-0.4, -0.2) is 22.0 Å². The Morgan fingerprint density at radius 3 is 2.38 bits per heavy atom. The summed E-state index contributed by atoms with van der Waals surface area (Å²) in [6.45, 7) is 0.631. The summed E-state index contributed by atoms with van der Waals surface area (Å²) < 4.78 is 39.9. The number of rotatable bonds is 6. The van der Waals surface area contributed by atoms with E-state index in [9.17, 15) is 12.8 Å². The highest BCUT2D eigenvalue weighted by atomic mass is 32.2. The van der Waals surface area contributed by atoms with Crippen molar-refractivity contribution in [2.75, 3.05) is 18.9 Å². The van der Waals surface area contributed by atoms with Crippen molar-refractivity contribution in [3.63, 3.8) is 0 Å². The van der Waals surface area contributed by atoms with Crippen LogP contribution in [0.5, 0.6) is 0 Å². The monoisotopic (exact) mass is 348 g/mol. The fraction of sp³-hybridized carbons (Fsp3) is 0.333. The van der Waals surface area contributed by atoms with Gasteiger partial charge in [0, 0.05) is 12.0 Å². The molecular weight excluding hydrogens is 327 g/mol. The first-order valence-electron chi connectivity index (χ1n) is 7.99. The quantitative estimate of drug-likeness (QED) is 0.842. The molecule has 4 nitrogen and oxygen atoms in total. The topological polar surface area (TPSA) is 58.2 Å². The summed E-state index contributed by atoms with van der Waals surface area (Å²) in [4.78, 5) is -0.0746. The lowest BCUT2D eigenvalue weighted by Crippen LogP contribution is -2.41. The largest absolute Gasteiger partial charge is 0.382 e. The van der Waals surface area contributed by atoms with E-state index in [1.807, 2.05) is 18.2 Å². The number of halogens is 1. The average Bonchev–Trinajstić information content (AvgIpc) is 2.56. The molecule has 1 fully saturated rings. The predicted molar refractivity (Wildman–Crippen MR) is 93.1 cm³/mol. The Bertz CT molecular complexity index is 818. The van der Waals surface area contributed by atoms with Crippen LogP contribution in [0.15, 0.2) is 53.4 Å². The van der Waals surface area contributed by atoms with E-state index in [0.29, 0.717) is 12.2 Å². The van der Waals surface area contributed by atoms with E-state index in [2.05, 4.69) is 22.2 Å². The van der Waals surface area contributed by atoms with Crippen LogP contribution >= 0.6 is 0 Å². The van der Waals surface area contributed by atoms with Crippen molar-refractivity contribution < 1.29 is 12.8 Å². The first kappa shape index (κ1) is 16.9. The number of anilines is 1. The third-order valence-electron chi connectivity index (χ3n) is 4.83. The highest BCUT2D eigenvalue weighted by molar-refractivity contribution is 7.89. The van der Waals surface area contributed by atoms with Crippen LogP contribution < -0.4 is 10.0 Å². The fourth-order valence-corrected chi connectivity index (χ4v) is 3.89. The minimum absolute atomic E-state index is 0.0312. The smallest absolute Gasteiger partial charge is 0.240 e. The van der Waals surface area contributed by atoms with Crippen LogP contribution in [0.2, 0.25) is 0 Å². The molecule has 0 saturated heterocycles. The third kappa shape index (κ3) is 3.16. The Morgan fingerprint density at radius 1 is 1.12 bits per heavy atom. The van der Waals surface area contributed by atoms with Gasteiger partial charge in [-0.3, -0.25) is 0 Å². The number of hydrogen-bond donors (Lipinski definition) is 2. The lowest BCUT2D eigenvalue weighted by Gasteiger charge is -2.43. The summed E-state index contributed by atoms with van der Waals surface area (Å²) in [5.41, 5.74) is 1.62. The lowest BCUT2D eigenvalue weighted by atomic mass is 9.64. The summed E-state index contributed by atoms with van der Waals surface area (Å²) in [6, 6.07) is 14.2. The summed E-state index contributed by atoms with van der Waals surface area (Å²) in [6.07, 6.45) is 3.30. The molecule has 1 saturated carbocycles. The second-order valence-corrected chi connectivity index (χ2v) is 8.09. The molecule has 0 amide bonds. The van der Waals surface area contributed by atoms with Crippen LogP contribution in [0.1, 0.15) is 24.8 Å². The van der Waals surface area contributed by atoms with Gasteiger partial charge in [0.05, 0.1) is 10.6 Å². The highest BCUT2D eigenvalue weighted by Gasteiger charge is 2.38. The molecule has 1 aliphatic carbocycles. The molecule has 24 heavy (non-hydrogen) atoms. The van der Waals surface area contributed by atoms with Gasteiger partial charge >= 0.3 is 0 Å². The average molecular weight is 348 g/mol. The van der Waals surface area contributed by atoms with Crippen molar-refractivity contribution in [3.8, 4) is 0 Å². The minimum atomic E-state index is -3.64. The van der Waals surface area contributed by atoms with Crippen LogP contribution in [0.3, 0.4) is 0 Å². The molecule has 2 aromatic carbocycles. The molecule has 0 spiro atoms. The number of sulfonamides is 1. The van der Waals surface area contributed by atoms with E-state index in [1.54, 1.807) is 0 Å². The summed E-state index contributed by atoms with van der Waals surface area (Å²) >= 11 is 0. The maximum atomic E-state index is 14.3. The van der Waals surface area contributed by atoms with Crippen LogP contribution in [-0.2, 0) is 15.4 Å². The van der Waals surface area contributed by atoms with Gasteiger partial charge in [-0.05, 0) is 43.7 Å². The summed E-state index contributed by atoms with van der Waals surface area (Å²) in [5.74, 6) is -0.561. The highest BCUT2D eigenvalue weighted by Crippen LogP contribution is 2.43. The normalized spacial score (nSPS) is 16.4. The molecule has 128 valence electrons. The first-order chi connectivity index (χ1) is 11.5. The molecular formula is C18H21FN2O2S. The summed E-state index contributed by atoms with van der Waals surface area (Å²) in [5, 5.41) is 3.16. The van der Waals surface area contributed by atoms with E-state index < -0.39 is 15.8 Å². The summed E-state index contributed by atoms with van der Waals surface area (Å²) in [7, 11) is -2.33. The van der Waals surface area contributed by atoms with Crippen LogP contribution in [0, 0.1) is 5.82 Å². The van der Waals surface area contributed by atoms with Crippen molar-refractivity contribution in [2.45, 2.75) is 29.6 Å². The SMILES string of the molecule is CNS(=O)(=O)c1ccc(NCC2(c3ccccc3)CCC2)c(F)c1. The second-order valence-electron chi connectivity index (χ2n) is 6.20. The van der Waals surface area contributed by atoms with Gasteiger partial charge in [-0.2, -0.15) is 0 Å². The Morgan fingerprint density at radius 2 is 1.83 bits per heavy atom. The zero-order valence-corrected chi connectivity index (χ0v) is 14.4. The molecule has 0 radical (unpaired) electrons. The molecule has 2 N–H and O–H groups in total. The number of hydrogen-bond acceptors (Lipinski definition) is 3. The van der Waals surface area contributed by atoms with Gasteiger partial charge < -0.3 is 5.32 Å². The molecule has 2 aromatic rings. The molecule has 3 rings (SSSR count). The predicted octanol–water partition coefficient (Wildman–Crippen LogP) is 3.27.